The maximum atomic E-state index is 12.6. The Balaban J connectivity index is 1.64. The molecule has 9 nitrogen and oxygen atoms in total. The van der Waals surface area contributed by atoms with Gasteiger partial charge in [-0.3, -0.25) is 9.69 Å². The van der Waals surface area contributed by atoms with Gasteiger partial charge >= 0.3 is 0 Å². The molecule has 1 atom stereocenters. The second kappa shape index (κ2) is 9.05. The molecule has 30 heavy (non-hydrogen) atoms. The maximum absolute atomic E-state index is 12.6. The van der Waals surface area contributed by atoms with Gasteiger partial charge in [-0.1, -0.05) is 6.07 Å². The molecule has 2 heterocycles. The van der Waals surface area contributed by atoms with E-state index in [1.54, 1.807) is 31.0 Å². The third kappa shape index (κ3) is 5.31. The number of hydrogen-bond acceptors (Lipinski definition) is 7. The first kappa shape index (κ1) is 22.1. The minimum atomic E-state index is -3.05. The second-order valence-corrected chi connectivity index (χ2v) is 9.80. The average Bonchev–Trinajstić information content (AvgIpc) is 3.23. The molecule has 10 heteroatoms. The Morgan fingerprint density at radius 1 is 1.30 bits per heavy atom. The molecule has 1 unspecified atom stereocenters. The van der Waals surface area contributed by atoms with Crippen molar-refractivity contribution in [2.24, 2.45) is 0 Å². The van der Waals surface area contributed by atoms with E-state index in [1.165, 1.54) is 0 Å². The molecule has 164 valence electrons. The summed E-state index contributed by atoms with van der Waals surface area (Å²) in [6.07, 6.45) is 0.503. The van der Waals surface area contributed by atoms with Crippen molar-refractivity contribution in [3.05, 3.63) is 35.5 Å². The molecule has 0 saturated carbocycles. The number of carbonyl (C=O) groups excluding carboxylic acids is 1. The van der Waals surface area contributed by atoms with Gasteiger partial charge in [0.2, 0.25) is 5.91 Å². The minimum absolute atomic E-state index is 0.0498. The quantitative estimate of drug-likeness (QED) is 0.671. The van der Waals surface area contributed by atoms with E-state index in [4.69, 9.17) is 9.47 Å². The average molecular weight is 437 g/mol. The lowest BCUT2D eigenvalue weighted by Gasteiger charge is -2.19. The van der Waals surface area contributed by atoms with Crippen molar-refractivity contribution >= 4 is 21.6 Å². The van der Waals surface area contributed by atoms with E-state index in [2.05, 4.69) is 10.4 Å². The molecule has 1 aromatic heterocycles. The Hall–Kier alpha value is -2.59. The number of ether oxygens (including phenoxy) is 2. The molecule has 0 aliphatic carbocycles. The summed E-state index contributed by atoms with van der Waals surface area (Å²) in [5.41, 5.74) is 1.66. The monoisotopic (exact) mass is 436 g/mol. The molecule has 1 aliphatic rings. The number of aryl methyl sites for hydroxylation is 1. The standard InChI is InChI=1S/C20H28N4O5S/c1-14-9-19(24(22-14)16-7-8-30(26,27)13-16)21-20(25)12-23(2)11-15-5-6-17(28-3)10-18(15)29-4/h5-6,9-10,16H,7-8,11-13H2,1-4H3,(H,21,25). The molecule has 1 amide bonds. The van der Waals surface area contributed by atoms with Crippen molar-refractivity contribution < 1.29 is 22.7 Å². The van der Waals surface area contributed by atoms with Crippen LogP contribution in [0.4, 0.5) is 5.82 Å². The van der Waals surface area contributed by atoms with Crippen LogP contribution in [0.5, 0.6) is 11.5 Å². The van der Waals surface area contributed by atoms with E-state index in [-0.39, 0.29) is 30.0 Å². The smallest absolute Gasteiger partial charge is 0.239 e. The highest BCUT2D eigenvalue weighted by atomic mass is 32.2. The van der Waals surface area contributed by atoms with E-state index >= 15 is 0 Å². The van der Waals surface area contributed by atoms with Crippen molar-refractivity contribution in [1.29, 1.82) is 0 Å². The summed E-state index contributed by atoms with van der Waals surface area (Å²) < 4.78 is 35.9. The summed E-state index contributed by atoms with van der Waals surface area (Å²) >= 11 is 0. The second-order valence-electron chi connectivity index (χ2n) is 7.57. The summed E-state index contributed by atoms with van der Waals surface area (Å²) in [5.74, 6) is 1.91. The van der Waals surface area contributed by atoms with Gasteiger partial charge in [-0.05, 0) is 26.5 Å². The Labute approximate surface area is 176 Å². The highest BCUT2D eigenvalue weighted by Crippen LogP contribution is 2.27. The number of amides is 1. The van der Waals surface area contributed by atoms with Crippen LogP contribution in [-0.4, -0.2) is 68.3 Å². The van der Waals surface area contributed by atoms with Crippen LogP contribution in [0, 0.1) is 6.92 Å². The molecule has 1 N–H and O–H groups in total. The topological polar surface area (TPSA) is 103 Å². The van der Waals surface area contributed by atoms with Crippen molar-refractivity contribution in [2.45, 2.75) is 25.9 Å². The number of sulfone groups is 1. The minimum Gasteiger partial charge on any atom is -0.497 e. The van der Waals surface area contributed by atoms with Crippen molar-refractivity contribution in [1.82, 2.24) is 14.7 Å². The Morgan fingerprint density at radius 3 is 2.70 bits per heavy atom. The fraction of sp³-hybridized carbons (Fsp3) is 0.500. The molecule has 2 aromatic rings. The van der Waals surface area contributed by atoms with Crippen LogP contribution in [0.3, 0.4) is 0 Å². The van der Waals surface area contributed by atoms with Crippen molar-refractivity contribution in [2.75, 3.05) is 44.6 Å². The highest BCUT2D eigenvalue weighted by Gasteiger charge is 2.31. The molecule has 1 aromatic carbocycles. The number of methoxy groups -OCH3 is 2. The molecule has 0 radical (unpaired) electrons. The summed E-state index contributed by atoms with van der Waals surface area (Å²) in [4.78, 5) is 14.5. The van der Waals surface area contributed by atoms with Gasteiger partial charge in [-0.15, -0.1) is 0 Å². The number of nitrogens with zero attached hydrogens (tertiary/aromatic N) is 3. The third-order valence-corrected chi connectivity index (χ3v) is 6.78. The molecule has 0 bridgehead atoms. The summed E-state index contributed by atoms with van der Waals surface area (Å²) in [7, 11) is 1.99. The van der Waals surface area contributed by atoms with Gasteiger partial charge in [0.1, 0.15) is 17.3 Å². The summed E-state index contributed by atoms with van der Waals surface area (Å²) in [6, 6.07) is 7.07. The van der Waals surface area contributed by atoms with E-state index in [9.17, 15) is 13.2 Å². The molecule has 1 aliphatic heterocycles. The lowest BCUT2D eigenvalue weighted by Crippen LogP contribution is -2.31. The number of likely N-dealkylation sites (N-methyl/N-ethyl adjacent to an activating group) is 1. The molecule has 1 saturated heterocycles. The first-order valence-electron chi connectivity index (χ1n) is 9.66. The number of carbonyl (C=O) groups is 1. The number of anilines is 1. The van der Waals surface area contributed by atoms with Gasteiger partial charge in [0.15, 0.2) is 9.84 Å². The van der Waals surface area contributed by atoms with Crippen molar-refractivity contribution in [3.8, 4) is 11.5 Å². The van der Waals surface area contributed by atoms with E-state index in [1.807, 2.05) is 31.0 Å². The summed E-state index contributed by atoms with van der Waals surface area (Å²) in [5, 5.41) is 7.27. The lowest BCUT2D eigenvalue weighted by molar-refractivity contribution is -0.117. The predicted octanol–water partition coefficient (Wildman–Crippen LogP) is 1.64. The van der Waals surface area contributed by atoms with Crippen LogP contribution in [0.15, 0.2) is 24.3 Å². The van der Waals surface area contributed by atoms with E-state index < -0.39 is 9.84 Å². The van der Waals surface area contributed by atoms with Crippen LogP contribution < -0.4 is 14.8 Å². The third-order valence-electron chi connectivity index (χ3n) is 5.03. The molecular weight excluding hydrogens is 408 g/mol. The number of nitrogens with one attached hydrogen (secondary N) is 1. The molecule has 1 fully saturated rings. The Bertz CT molecular complexity index is 1020. The first-order valence-corrected chi connectivity index (χ1v) is 11.5. The fourth-order valence-corrected chi connectivity index (χ4v) is 5.31. The predicted molar refractivity (Wildman–Crippen MR) is 114 cm³/mol. The highest BCUT2D eigenvalue weighted by molar-refractivity contribution is 7.91. The molecule has 0 spiro atoms. The zero-order chi connectivity index (χ0) is 21.9. The first-order chi connectivity index (χ1) is 14.2. The fourth-order valence-electron chi connectivity index (χ4n) is 3.61. The number of hydrogen-bond donors (Lipinski definition) is 1. The van der Waals surface area contributed by atoms with Crippen LogP contribution in [0.2, 0.25) is 0 Å². The zero-order valence-corrected chi connectivity index (χ0v) is 18.5. The van der Waals surface area contributed by atoms with Gasteiger partial charge in [-0.2, -0.15) is 5.10 Å². The molecule has 3 rings (SSSR count). The van der Waals surface area contributed by atoms with Gasteiger partial charge < -0.3 is 14.8 Å². The van der Waals surface area contributed by atoms with Gasteiger partial charge in [0.25, 0.3) is 0 Å². The van der Waals surface area contributed by atoms with Crippen molar-refractivity contribution in [3.63, 3.8) is 0 Å². The normalized spacial score (nSPS) is 17.8. The zero-order valence-electron chi connectivity index (χ0n) is 17.7. The van der Waals surface area contributed by atoms with Gasteiger partial charge in [0.05, 0.1) is 44.0 Å². The van der Waals surface area contributed by atoms with Crippen LogP contribution >= 0.6 is 0 Å². The van der Waals surface area contributed by atoms with Crippen LogP contribution in [0.25, 0.3) is 0 Å². The number of aromatic nitrogens is 2. The van der Waals surface area contributed by atoms with Gasteiger partial charge in [-0.25, -0.2) is 13.1 Å². The SMILES string of the molecule is COc1ccc(CN(C)CC(=O)Nc2cc(C)nn2C2CCS(=O)(=O)C2)c(OC)c1. The van der Waals surface area contributed by atoms with E-state index in [0.29, 0.717) is 30.3 Å². The van der Waals surface area contributed by atoms with Gasteiger partial charge in [0, 0.05) is 24.2 Å². The van der Waals surface area contributed by atoms with Crippen LogP contribution in [-0.2, 0) is 21.2 Å². The number of benzene rings is 1. The largest absolute Gasteiger partial charge is 0.497 e. The van der Waals surface area contributed by atoms with E-state index in [0.717, 1.165) is 11.3 Å². The number of rotatable bonds is 8. The maximum Gasteiger partial charge on any atom is 0.239 e. The van der Waals surface area contributed by atoms with Crippen LogP contribution in [0.1, 0.15) is 23.7 Å². The summed E-state index contributed by atoms with van der Waals surface area (Å²) in [6.45, 7) is 2.49. The Morgan fingerprint density at radius 2 is 2.07 bits per heavy atom. The lowest BCUT2D eigenvalue weighted by atomic mass is 10.2. The Kier molecular flexibility index (Phi) is 6.67. The molecular formula is C20H28N4O5S.